The summed E-state index contributed by atoms with van der Waals surface area (Å²) in [6.45, 7) is 0.600. The van der Waals surface area contributed by atoms with Crippen LogP contribution in [0.1, 0.15) is 25.7 Å². The number of allylic oxidation sites excluding steroid dienone is 1. The summed E-state index contributed by atoms with van der Waals surface area (Å²) in [6, 6.07) is 0.354. The molecule has 0 spiro atoms. The second-order valence-corrected chi connectivity index (χ2v) is 3.84. The third kappa shape index (κ3) is 2.94. The SMILES string of the molecule is O=C(NCC1CCC=CO1)NC1CC1. The number of hydrogen-bond donors (Lipinski definition) is 2. The molecule has 4 heteroatoms. The fourth-order valence-electron chi connectivity index (χ4n) is 1.41. The molecule has 0 saturated heterocycles. The van der Waals surface area contributed by atoms with Gasteiger partial charge in [0.1, 0.15) is 6.10 Å². The van der Waals surface area contributed by atoms with E-state index in [1.54, 1.807) is 6.26 Å². The van der Waals surface area contributed by atoms with Crippen LogP contribution in [0.4, 0.5) is 4.79 Å². The molecule has 2 N–H and O–H groups in total. The van der Waals surface area contributed by atoms with Crippen LogP contribution < -0.4 is 10.6 Å². The van der Waals surface area contributed by atoms with Gasteiger partial charge in [0.2, 0.25) is 0 Å². The third-order valence-corrected chi connectivity index (χ3v) is 2.43. The van der Waals surface area contributed by atoms with E-state index in [9.17, 15) is 4.79 Å². The Morgan fingerprint density at radius 3 is 2.93 bits per heavy atom. The summed E-state index contributed by atoms with van der Waals surface area (Å²) >= 11 is 0. The van der Waals surface area contributed by atoms with E-state index in [0.717, 1.165) is 25.7 Å². The summed E-state index contributed by atoms with van der Waals surface area (Å²) < 4.78 is 5.33. The van der Waals surface area contributed by atoms with Crippen LogP contribution >= 0.6 is 0 Å². The van der Waals surface area contributed by atoms with Crippen molar-refractivity contribution < 1.29 is 9.53 Å². The summed E-state index contributed by atoms with van der Waals surface area (Å²) in [6.07, 6.45) is 8.13. The van der Waals surface area contributed by atoms with Crippen LogP contribution in [0.15, 0.2) is 12.3 Å². The van der Waals surface area contributed by atoms with Crippen LogP contribution in [0.25, 0.3) is 0 Å². The lowest BCUT2D eigenvalue weighted by atomic mass is 10.1. The normalized spacial score (nSPS) is 25.3. The number of hydrogen-bond acceptors (Lipinski definition) is 2. The van der Waals surface area contributed by atoms with Gasteiger partial charge in [-0.25, -0.2) is 4.79 Å². The Kier molecular flexibility index (Phi) is 2.91. The first-order valence-electron chi connectivity index (χ1n) is 5.19. The van der Waals surface area contributed by atoms with Crippen molar-refractivity contribution in [3.63, 3.8) is 0 Å². The van der Waals surface area contributed by atoms with Gasteiger partial charge in [-0.05, 0) is 31.8 Å². The van der Waals surface area contributed by atoms with Crippen LogP contribution in [0, 0.1) is 0 Å². The molecule has 0 bridgehead atoms. The number of rotatable bonds is 3. The molecule has 1 heterocycles. The van der Waals surface area contributed by atoms with Crippen molar-refractivity contribution in [3.05, 3.63) is 12.3 Å². The lowest BCUT2D eigenvalue weighted by Gasteiger charge is -2.19. The van der Waals surface area contributed by atoms with Gasteiger partial charge >= 0.3 is 6.03 Å². The predicted molar refractivity (Wildman–Crippen MR) is 52.8 cm³/mol. The topological polar surface area (TPSA) is 50.4 Å². The lowest BCUT2D eigenvalue weighted by molar-refractivity contribution is 0.123. The molecule has 2 amide bonds. The fraction of sp³-hybridized carbons (Fsp3) is 0.700. The molecule has 78 valence electrons. The van der Waals surface area contributed by atoms with E-state index in [-0.39, 0.29) is 12.1 Å². The molecule has 1 aliphatic carbocycles. The number of carbonyl (C=O) groups is 1. The molecule has 1 aliphatic heterocycles. The van der Waals surface area contributed by atoms with Gasteiger partial charge in [-0.2, -0.15) is 0 Å². The van der Waals surface area contributed by atoms with E-state index in [0.29, 0.717) is 12.6 Å². The first-order valence-corrected chi connectivity index (χ1v) is 5.19. The van der Waals surface area contributed by atoms with Gasteiger partial charge in [-0.15, -0.1) is 0 Å². The Balaban J connectivity index is 1.60. The molecule has 2 aliphatic rings. The second-order valence-electron chi connectivity index (χ2n) is 3.84. The smallest absolute Gasteiger partial charge is 0.315 e. The molecule has 0 aromatic carbocycles. The standard InChI is InChI=1S/C10H16N2O2/c13-10(12-8-4-5-8)11-7-9-3-1-2-6-14-9/h2,6,8-9H,1,3-5,7H2,(H2,11,12,13). The van der Waals surface area contributed by atoms with Crippen LogP contribution in [0.5, 0.6) is 0 Å². The summed E-state index contributed by atoms with van der Waals surface area (Å²) in [5.74, 6) is 0. The van der Waals surface area contributed by atoms with Crippen molar-refractivity contribution in [2.24, 2.45) is 0 Å². The molecule has 1 fully saturated rings. The summed E-state index contributed by atoms with van der Waals surface area (Å²) in [7, 11) is 0. The van der Waals surface area contributed by atoms with Crippen LogP contribution in [0.2, 0.25) is 0 Å². The first-order chi connectivity index (χ1) is 6.84. The van der Waals surface area contributed by atoms with Crippen molar-refractivity contribution in [3.8, 4) is 0 Å². The second kappa shape index (κ2) is 4.35. The number of nitrogens with one attached hydrogen (secondary N) is 2. The molecule has 0 radical (unpaired) electrons. The molecule has 4 nitrogen and oxygen atoms in total. The minimum absolute atomic E-state index is 0.0642. The summed E-state index contributed by atoms with van der Waals surface area (Å²) in [5, 5.41) is 5.68. The van der Waals surface area contributed by atoms with Gasteiger partial charge in [0, 0.05) is 6.04 Å². The maximum Gasteiger partial charge on any atom is 0.315 e. The van der Waals surface area contributed by atoms with E-state index >= 15 is 0 Å². The maximum atomic E-state index is 11.2. The average Bonchev–Trinajstić information content (AvgIpc) is 3.00. The highest BCUT2D eigenvalue weighted by Gasteiger charge is 2.23. The largest absolute Gasteiger partial charge is 0.497 e. The van der Waals surface area contributed by atoms with Crippen molar-refractivity contribution in [1.29, 1.82) is 0 Å². The summed E-state index contributed by atoms with van der Waals surface area (Å²) in [5.41, 5.74) is 0. The highest BCUT2D eigenvalue weighted by molar-refractivity contribution is 5.74. The number of urea groups is 1. The van der Waals surface area contributed by atoms with Gasteiger partial charge < -0.3 is 15.4 Å². The molecule has 0 aromatic rings. The fourth-order valence-corrected chi connectivity index (χ4v) is 1.41. The Bertz CT molecular complexity index is 236. The van der Waals surface area contributed by atoms with Crippen molar-refractivity contribution in [2.75, 3.05) is 6.54 Å². The maximum absolute atomic E-state index is 11.2. The molecule has 1 unspecified atom stereocenters. The third-order valence-electron chi connectivity index (χ3n) is 2.43. The van der Waals surface area contributed by atoms with E-state index in [1.807, 2.05) is 6.08 Å². The zero-order valence-electron chi connectivity index (χ0n) is 8.16. The van der Waals surface area contributed by atoms with Crippen LogP contribution in [-0.2, 0) is 4.74 Å². The monoisotopic (exact) mass is 196 g/mol. The number of amides is 2. The number of ether oxygens (including phenoxy) is 1. The summed E-state index contributed by atoms with van der Waals surface area (Å²) in [4.78, 5) is 11.2. The molecule has 2 rings (SSSR count). The van der Waals surface area contributed by atoms with Gasteiger partial charge in [-0.1, -0.05) is 0 Å². The van der Waals surface area contributed by atoms with Gasteiger partial charge in [0.25, 0.3) is 0 Å². The minimum Gasteiger partial charge on any atom is -0.497 e. The van der Waals surface area contributed by atoms with E-state index in [2.05, 4.69) is 10.6 Å². The van der Waals surface area contributed by atoms with Crippen LogP contribution in [0.3, 0.4) is 0 Å². The van der Waals surface area contributed by atoms with Gasteiger partial charge in [0.05, 0.1) is 12.8 Å². The highest BCUT2D eigenvalue weighted by atomic mass is 16.5. The Morgan fingerprint density at radius 1 is 1.43 bits per heavy atom. The molecule has 1 saturated carbocycles. The zero-order chi connectivity index (χ0) is 9.80. The van der Waals surface area contributed by atoms with Crippen molar-refractivity contribution in [1.82, 2.24) is 10.6 Å². The molecule has 0 aromatic heterocycles. The van der Waals surface area contributed by atoms with E-state index in [4.69, 9.17) is 4.74 Å². The van der Waals surface area contributed by atoms with Crippen molar-refractivity contribution in [2.45, 2.75) is 37.8 Å². The quantitative estimate of drug-likeness (QED) is 0.711. The van der Waals surface area contributed by atoms with Crippen molar-refractivity contribution >= 4 is 6.03 Å². The minimum atomic E-state index is -0.0642. The molecule has 1 atom stereocenters. The number of carbonyl (C=O) groups excluding carboxylic acids is 1. The Morgan fingerprint density at radius 2 is 2.29 bits per heavy atom. The highest BCUT2D eigenvalue weighted by Crippen LogP contribution is 2.18. The first kappa shape index (κ1) is 9.37. The molecule has 14 heavy (non-hydrogen) atoms. The predicted octanol–water partition coefficient (Wildman–Crippen LogP) is 1.14. The molecular weight excluding hydrogens is 180 g/mol. The Labute approximate surface area is 83.7 Å². The van der Waals surface area contributed by atoms with Gasteiger partial charge in [-0.3, -0.25) is 0 Å². The lowest BCUT2D eigenvalue weighted by Crippen LogP contribution is -2.41. The Hall–Kier alpha value is -1.19. The molecular formula is C10H16N2O2. The van der Waals surface area contributed by atoms with Crippen LogP contribution in [-0.4, -0.2) is 24.7 Å². The zero-order valence-corrected chi connectivity index (χ0v) is 8.16. The average molecular weight is 196 g/mol. The van der Waals surface area contributed by atoms with Gasteiger partial charge in [0.15, 0.2) is 0 Å². The van der Waals surface area contributed by atoms with E-state index in [1.165, 1.54) is 0 Å². The van der Waals surface area contributed by atoms with E-state index < -0.39 is 0 Å².